The predicted molar refractivity (Wildman–Crippen MR) is 61.4 cm³/mol. The van der Waals surface area contributed by atoms with Crippen molar-refractivity contribution in [3.8, 4) is 0 Å². The lowest BCUT2D eigenvalue weighted by Crippen LogP contribution is -2.44. The van der Waals surface area contributed by atoms with E-state index >= 15 is 0 Å². The van der Waals surface area contributed by atoms with Gasteiger partial charge in [-0.15, -0.1) is 0 Å². The molecule has 7 nitrogen and oxygen atoms in total. The second kappa shape index (κ2) is 7.89. The lowest BCUT2D eigenvalue weighted by molar-refractivity contribution is -0.144. The fraction of sp³-hybridized carbons (Fsp3) is 0.900. The summed E-state index contributed by atoms with van der Waals surface area (Å²) >= 11 is 0. The molecular weight excluding hydrogens is 224 g/mol. The Bertz CT molecular complexity index is 285. The van der Waals surface area contributed by atoms with Gasteiger partial charge in [-0.25, -0.2) is 0 Å². The summed E-state index contributed by atoms with van der Waals surface area (Å²) in [6.45, 7) is 2.33. The maximum Gasteiger partial charge on any atom is 0.323 e. The molecule has 0 aromatic rings. The first kappa shape index (κ1) is 13.8. The molecule has 0 aromatic carbocycles. The molecule has 1 aliphatic heterocycles. The van der Waals surface area contributed by atoms with Crippen LogP contribution in [0, 0.1) is 5.92 Å². The molecule has 0 aliphatic carbocycles. The highest BCUT2D eigenvalue weighted by Crippen LogP contribution is 2.17. The van der Waals surface area contributed by atoms with Crippen LogP contribution < -0.4 is 5.32 Å². The van der Waals surface area contributed by atoms with Crippen LogP contribution >= 0.6 is 0 Å². The minimum absolute atomic E-state index is 0.168. The molecule has 1 rings (SSSR count). The fourth-order valence-corrected chi connectivity index (χ4v) is 1.84. The first-order valence-corrected chi connectivity index (χ1v) is 5.69. The summed E-state index contributed by atoms with van der Waals surface area (Å²) in [6.07, 6.45) is 1.56. The van der Waals surface area contributed by atoms with E-state index in [4.69, 9.17) is 15.0 Å². The number of rotatable bonds is 7. The zero-order valence-corrected chi connectivity index (χ0v) is 9.96. The van der Waals surface area contributed by atoms with Gasteiger partial charge in [0.25, 0.3) is 0 Å². The molecule has 0 spiro atoms. The number of carbonyl (C=O) groups is 1. The van der Waals surface area contributed by atoms with E-state index in [0.29, 0.717) is 32.7 Å². The molecule has 2 unspecified atom stereocenters. The van der Waals surface area contributed by atoms with Crippen LogP contribution in [0.4, 0.5) is 0 Å². The molecule has 0 amide bonds. The molecule has 17 heavy (non-hydrogen) atoms. The summed E-state index contributed by atoms with van der Waals surface area (Å²) in [6, 6.07) is -0.325. The van der Waals surface area contributed by atoms with Crippen molar-refractivity contribution in [2.24, 2.45) is 11.0 Å². The molecular formula is C10H18N4O3. The Morgan fingerprint density at radius 2 is 2.59 bits per heavy atom. The van der Waals surface area contributed by atoms with E-state index < -0.39 is 0 Å². The van der Waals surface area contributed by atoms with Gasteiger partial charge in [0.05, 0.1) is 13.7 Å². The van der Waals surface area contributed by atoms with Crippen LogP contribution in [0.3, 0.4) is 0 Å². The highest BCUT2D eigenvalue weighted by Gasteiger charge is 2.31. The van der Waals surface area contributed by atoms with Crippen LogP contribution in [0.2, 0.25) is 0 Å². The number of hydrogen-bond acceptors (Lipinski definition) is 5. The minimum atomic E-state index is -0.325. The number of nitrogens with one attached hydrogen (secondary N) is 1. The topological polar surface area (TPSA) is 96.3 Å². The van der Waals surface area contributed by atoms with Crippen LogP contribution in [0.5, 0.6) is 0 Å². The van der Waals surface area contributed by atoms with Crippen LogP contribution in [0.25, 0.3) is 10.4 Å². The average Bonchev–Trinajstić information content (AvgIpc) is 2.86. The monoisotopic (exact) mass is 242 g/mol. The molecule has 0 aromatic heterocycles. The third-order valence-electron chi connectivity index (χ3n) is 2.75. The quantitative estimate of drug-likeness (QED) is 0.235. The minimum Gasteiger partial charge on any atom is -0.468 e. The molecule has 1 N–H and O–H groups in total. The van der Waals surface area contributed by atoms with Crippen molar-refractivity contribution in [1.29, 1.82) is 0 Å². The van der Waals surface area contributed by atoms with Crippen molar-refractivity contribution < 1.29 is 14.3 Å². The molecule has 0 saturated carbocycles. The van der Waals surface area contributed by atoms with Crippen LogP contribution in [0.15, 0.2) is 5.11 Å². The lowest BCUT2D eigenvalue weighted by atomic mass is 9.99. The Balaban J connectivity index is 2.35. The number of carbonyl (C=O) groups excluding carboxylic acids is 1. The number of ether oxygens (including phenoxy) is 2. The molecule has 1 aliphatic rings. The van der Waals surface area contributed by atoms with Crippen molar-refractivity contribution >= 4 is 5.97 Å². The summed E-state index contributed by atoms with van der Waals surface area (Å²) in [5.41, 5.74) is 8.12. The average molecular weight is 242 g/mol. The highest BCUT2D eigenvalue weighted by atomic mass is 16.5. The van der Waals surface area contributed by atoms with Gasteiger partial charge in [0.1, 0.15) is 6.04 Å². The van der Waals surface area contributed by atoms with Gasteiger partial charge < -0.3 is 14.8 Å². The number of hydrogen-bond donors (Lipinski definition) is 1. The Labute approximate surface area is 100 Å². The van der Waals surface area contributed by atoms with Gasteiger partial charge in [-0.2, -0.15) is 0 Å². The standard InChI is InChI=1S/C10H18N4O3/c1-16-10(15)9(8-3-6-17-7-8)12-4-2-5-13-14-11/h8-9,12H,2-7H2,1H3. The van der Waals surface area contributed by atoms with Gasteiger partial charge in [-0.1, -0.05) is 5.11 Å². The van der Waals surface area contributed by atoms with E-state index in [-0.39, 0.29) is 17.9 Å². The summed E-state index contributed by atoms with van der Waals surface area (Å²) < 4.78 is 10.0. The Morgan fingerprint density at radius 3 is 3.18 bits per heavy atom. The Kier molecular flexibility index (Phi) is 6.39. The smallest absolute Gasteiger partial charge is 0.323 e. The number of methoxy groups -OCH3 is 1. The van der Waals surface area contributed by atoms with Crippen LogP contribution in [-0.2, 0) is 14.3 Å². The number of nitrogens with zero attached hydrogens (tertiary/aromatic N) is 3. The van der Waals surface area contributed by atoms with Gasteiger partial charge in [-0.3, -0.25) is 4.79 Å². The van der Waals surface area contributed by atoms with Crippen LogP contribution in [-0.4, -0.2) is 45.4 Å². The highest BCUT2D eigenvalue weighted by molar-refractivity contribution is 5.76. The van der Waals surface area contributed by atoms with Crippen molar-refractivity contribution in [2.75, 3.05) is 33.4 Å². The Hall–Kier alpha value is -1.30. The summed E-state index contributed by atoms with van der Waals surface area (Å²) in [7, 11) is 1.38. The molecule has 1 saturated heterocycles. The normalized spacial score (nSPS) is 20.6. The molecule has 0 bridgehead atoms. The third kappa shape index (κ3) is 4.60. The van der Waals surface area contributed by atoms with Gasteiger partial charge in [0.2, 0.25) is 0 Å². The van der Waals surface area contributed by atoms with Gasteiger partial charge in [0, 0.05) is 24.0 Å². The molecule has 0 radical (unpaired) electrons. The van der Waals surface area contributed by atoms with E-state index in [0.717, 1.165) is 6.42 Å². The van der Waals surface area contributed by atoms with Crippen molar-refractivity contribution in [3.05, 3.63) is 10.4 Å². The van der Waals surface area contributed by atoms with E-state index in [2.05, 4.69) is 15.3 Å². The fourth-order valence-electron chi connectivity index (χ4n) is 1.84. The predicted octanol–water partition coefficient (Wildman–Crippen LogP) is 0.854. The first-order valence-electron chi connectivity index (χ1n) is 5.69. The first-order chi connectivity index (χ1) is 8.29. The van der Waals surface area contributed by atoms with E-state index in [1.807, 2.05) is 0 Å². The molecule has 1 fully saturated rings. The third-order valence-corrected chi connectivity index (χ3v) is 2.75. The zero-order valence-electron chi connectivity index (χ0n) is 9.96. The molecule has 1 heterocycles. The van der Waals surface area contributed by atoms with Gasteiger partial charge in [0.15, 0.2) is 0 Å². The second-order valence-corrected chi connectivity index (χ2v) is 3.89. The number of esters is 1. The van der Waals surface area contributed by atoms with Gasteiger partial charge in [-0.05, 0) is 24.9 Å². The molecule has 96 valence electrons. The van der Waals surface area contributed by atoms with Crippen molar-refractivity contribution in [3.63, 3.8) is 0 Å². The maximum atomic E-state index is 11.6. The number of azide groups is 1. The van der Waals surface area contributed by atoms with Crippen LogP contribution in [0.1, 0.15) is 12.8 Å². The molecule has 7 heteroatoms. The Morgan fingerprint density at radius 1 is 1.76 bits per heavy atom. The van der Waals surface area contributed by atoms with E-state index in [1.54, 1.807) is 0 Å². The van der Waals surface area contributed by atoms with E-state index in [9.17, 15) is 4.79 Å². The maximum absolute atomic E-state index is 11.6. The van der Waals surface area contributed by atoms with Gasteiger partial charge >= 0.3 is 5.97 Å². The molecule has 2 atom stereocenters. The zero-order chi connectivity index (χ0) is 12.5. The largest absolute Gasteiger partial charge is 0.468 e. The van der Waals surface area contributed by atoms with E-state index in [1.165, 1.54) is 7.11 Å². The second-order valence-electron chi connectivity index (χ2n) is 3.89. The SMILES string of the molecule is COC(=O)C(NCCCN=[N+]=[N-])C1CCOC1. The summed E-state index contributed by atoms with van der Waals surface area (Å²) in [5, 5.41) is 6.56. The summed E-state index contributed by atoms with van der Waals surface area (Å²) in [5.74, 6) is -0.0915. The van der Waals surface area contributed by atoms with Crippen molar-refractivity contribution in [1.82, 2.24) is 5.32 Å². The summed E-state index contributed by atoms with van der Waals surface area (Å²) in [4.78, 5) is 14.3. The lowest BCUT2D eigenvalue weighted by Gasteiger charge is -2.21. The van der Waals surface area contributed by atoms with Crippen molar-refractivity contribution in [2.45, 2.75) is 18.9 Å².